The second-order valence-electron chi connectivity index (χ2n) is 4.62. The molecule has 1 aliphatic rings. The summed E-state index contributed by atoms with van der Waals surface area (Å²) in [6.07, 6.45) is 2.89. The molecule has 108 valence electrons. The van der Waals surface area contributed by atoms with E-state index in [4.69, 9.17) is 4.74 Å². The lowest BCUT2D eigenvalue weighted by Crippen LogP contribution is -2.43. The molecule has 0 unspecified atom stereocenters. The summed E-state index contributed by atoms with van der Waals surface area (Å²) in [5.74, 6) is 0.201. The molecule has 0 aromatic rings. The summed E-state index contributed by atoms with van der Waals surface area (Å²) in [6, 6.07) is 0. The maximum atomic E-state index is 12.1. The van der Waals surface area contributed by atoms with E-state index < -0.39 is 10.0 Å². The molecule has 5 nitrogen and oxygen atoms in total. The number of piperidine rings is 1. The third-order valence-electron chi connectivity index (χ3n) is 3.16. The van der Waals surface area contributed by atoms with Crippen LogP contribution in [-0.4, -0.2) is 57.4 Å². The Bertz CT molecular complexity index is 311. The maximum Gasteiger partial charge on any atom is 0.215 e. The summed E-state index contributed by atoms with van der Waals surface area (Å²) in [5.41, 5.74) is 0. The third-order valence-corrected chi connectivity index (χ3v) is 5.03. The van der Waals surface area contributed by atoms with Crippen molar-refractivity contribution in [3.05, 3.63) is 0 Å². The van der Waals surface area contributed by atoms with E-state index in [0.29, 0.717) is 26.2 Å². The molecule has 0 atom stereocenters. The molecule has 0 aromatic carbocycles. The fourth-order valence-corrected chi connectivity index (χ4v) is 3.57. The van der Waals surface area contributed by atoms with Crippen LogP contribution in [0, 0.1) is 0 Å². The zero-order valence-electron chi connectivity index (χ0n) is 11.5. The van der Waals surface area contributed by atoms with E-state index in [1.54, 1.807) is 4.31 Å². The van der Waals surface area contributed by atoms with E-state index in [1.165, 1.54) is 0 Å². The molecule has 0 saturated carbocycles. The van der Waals surface area contributed by atoms with Gasteiger partial charge in [-0.1, -0.05) is 6.92 Å². The summed E-state index contributed by atoms with van der Waals surface area (Å²) < 4.78 is 31.2. The van der Waals surface area contributed by atoms with Gasteiger partial charge in [-0.25, -0.2) is 12.7 Å². The van der Waals surface area contributed by atoms with Gasteiger partial charge in [0.1, 0.15) is 0 Å². The van der Waals surface area contributed by atoms with Crippen LogP contribution in [0.25, 0.3) is 0 Å². The molecule has 0 bridgehead atoms. The molecule has 1 saturated heterocycles. The molecule has 1 N–H and O–H groups in total. The molecule has 1 rings (SSSR count). The molecular formula is C12H26N2O3S. The third kappa shape index (κ3) is 5.22. The van der Waals surface area contributed by atoms with Gasteiger partial charge in [-0.05, 0) is 32.7 Å². The molecule has 0 spiro atoms. The Hall–Kier alpha value is -0.170. The molecular weight excluding hydrogens is 252 g/mol. The summed E-state index contributed by atoms with van der Waals surface area (Å²) in [6.45, 7) is 7.37. The first kappa shape index (κ1) is 15.9. The van der Waals surface area contributed by atoms with Gasteiger partial charge in [-0.2, -0.15) is 0 Å². The first-order chi connectivity index (χ1) is 8.60. The molecule has 0 aliphatic carbocycles. The zero-order valence-corrected chi connectivity index (χ0v) is 12.3. The summed E-state index contributed by atoms with van der Waals surface area (Å²) in [7, 11) is -3.09. The highest BCUT2D eigenvalue weighted by molar-refractivity contribution is 7.89. The van der Waals surface area contributed by atoms with Crippen LogP contribution in [0.15, 0.2) is 0 Å². The number of nitrogens with zero attached hydrogens (tertiary/aromatic N) is 1. The Labute approximate surface area is 111 Å². The van der Waals surface area contributed by atoms with Crippen LogP contribution >= 0.6 is 0 Å². The first-order valence-electron chi connectivity index (χ1n) is 6.90. The number of nitrogens with one attached hydrogen (secondary N) is 1. The van der Waals surface area contributed by atoms with Crippen molar-refractivity contribution >= 4 is 10.0 Å². The van der Waals surface area contributed by atoms with Crippen molar-refractivity contribution in [1.82, 2.24) is 9.62 Å². The van der Waals surface area contributed by atoms with Crippen LogP contribution < -0.4 is 5.32 Å². The summed E-state index contributed by atoms with van der Waals surface area (Å²) in [4.78, 5) is 0. The predicted molar refractivity (Wildman–Crippen MR) is 73.2 cm³/mol. The van der Waals surface area contributed by atoms with E-state index in [-0.39, 0.29) is 11.9 Å². The van der Waals surface area contributed by atoms with E-state index in [2.05, 4.69) is 12.2 Å². The van der Waals surface area contributed by atoms with E-state index in [0.717, 1.165) is 25.8 Å². The Morgan fingerprint density at radius 3 is 2.44 bits per heavy atom. The van der Waals surface area contributed by atoms with Crippen LogP contribution in [0.1, 0.15) is 33.1 Å². The molecule has 0 radical (unpaired) electrons. The van der Waals surface area contributed by atoms with Gasteiger partial charge in [0, 0.05) is 26.2 Å². The minimum Gasteiger partial charge on any atom is -0.378 e. The van der Waals surface area contributed by atoms with Gasteiger partial charge in [0.05, 0.1) is 11.9 Å². The van der Waals surface area contributed by atoms with Crippen molar-refractivity contribution in [2.45, 2.75) is 39.2 Å². The van der Waals surface area contributed by atoms with Crippen molar-refractivity contribution in [2.75, 3.05) is 38.5 Å². The standard InChI is InChI=1S/C12H26N2O3S/c1-3-7-13-8-11-18(15,16)14-9-5-12(6-10-14)17-4-2/h12-13H,3-11H2,1-2H3. The van der Waals surface area contributed by atoms with Gasteiger partial charge in [0.2, 0.25) is 10.0 Å². The second kappa shape index (κ2) is 8.09. The van der Waals surface area contributed by atoms with Gasteiger partial charge in [0.25, 0.3) is 0 Å². The number of hydrogen-bond donors (Lipinski definition) is 1. The topological polar surface area (TPSA) is 58.6 Å². The lowest BCUT2D eigenvalue weighted by Gasteiger charge is -2.31. The molecule has 1 heterocycles. The van der Waals surface area contributed by atoms with Crippen LogP contribution in [-0.2, 0) is 14.8 Å². The van der Waals surface area contributed by atoms with Gasteiger partial charge >= 0.3 is 0 Å². The maximum absolute atomic E-state index is 12.1. The second-order valence-corrected chi connectivity index (χ2v) is 6.71. The van der Waals surface area contributed by atoms with Crippen molar-refractivity contribution in [3.63, 3.8) is 0 Å². The van der Waals surface area contributed by atoms with E-state index in [1.807, 2.05) is 6.92 Å². The Morgan fingerprint density at radius 1 is 1.22 bits per heavy atom. The van der Waals surface area contributed by atoms with Gasteiger partial charge in [0.15, 0.2) is 0 Å². The van der Waals surface area contributed by atoms with Crippen molar-refractivity contribution in [2.24, 2.45) is 0 Å². The monoisotopic (exact) mass is 278 g/mol. The molecule has 1 aliphatic heterocycles. The fourth-order valence-electron chi connectivity index (χ4n) is 2.14. The van der Waals surface area contributed by atoms with Crippen LogP contribution in [0.3, 0.4) is 0 Å². The molecule has 0 amide bonds. The molecule has 6 heteroatoms. The van der Waals surface area contributed by atoms with Crippen molar-refractivity contribution in [1.29, 1.82) is 0 Å². The Balaban J connectivity index is 2.31. The van der Waals surface area contributed by atoms with Gasteiger partial charge < -0.3 is 10.1 Å². The minimum absolute atomic E-state index is 0.201. The normalized spacial score (nSPS) is 19.2. The number of ether oxygens (including phenoxy) is 1. The van der Waals surface area contributed by atoms with E-state index >= 15 is 0 Å². The zero-order chi connectivity index (χ0) is 13.4. The average Bonchev–Trinajstić information content (AvgIpc) is 2.36. The molecule has 1 fully saturated rings. The Kier molecular flexibility index (Phi) is 7.14. The van der Waals surface area contributed by atoms with E-state index in [9.17, 15) is 8.42 Å². The van der Waals surface area contributed by atoms with Crippen LogP contribution in [0.2, 0.25) is 0 Å². The summed E-state index contributed by atoms with van der Waals surface area (Å²) in [5, 5.41) is 3.13. The fraction of sp³-hybridized carbons (Fsp3) is 1.00. The average molecular weight is 278 g/mol. The Morgan fingerprint density at radius 2 is 1.89 bits per heavy atom. The number of sulfonamides is 1. The summed E-state index contributed by atoms with van der Waals surface area (Å²) >= 11 is 0. The quantitative estimate of drug-likeness (QED) is 0.668. The van der Waals surface area contributed by atoms with Crippen LogP contribution in [0.5, 0.6) is 0 Å². The van der Waals surface area contributed by atoms with Gasteiger partial charge in [-0.3, -0.25) is 0 Å². The predicted octanol–water partition coefficient (Wildman–Crippen LogP) is 0.817. The largest absolute Gasteiger partial charge is 0.378 e. The highest BCUT2D eigenvalue weighted by atomic mass is 32.2. The number of hydrogen-bond acceptors (Lipinski definition) is 4. The highest BCUT2D eigenvalue weighted by Crippen LogP contribution is 2.16. The van der Waals surface area contributed by atoms with Gasteiger partial charge in [-0.15, -0.1) is 0 Å². The van der Waals surface area contributed by atoms with Crippen molar-refractivity contribution in [3.8, 4) is 0 Å². The van der Waals surface area contributed by atoms with Crippen LogP contribution in [0.4, 0.5) is 0 Å². The molecule has 18 heavy (non-hydrogen) atoms. The smallest absolute Gasteiger partial charge is 0.215 e. The minimum atomic E-state index is -3.09. The first-order valence-corrected chi connectivity index (χ1v) is 8.51. The highest BCUT2D eigenvalue weighted by Gasteiger charge is 2.27. The SMILES string of the molecule is CCCNCCS(=O)(=O)N1CCC(OCC)CC1. The number of rotatable bonds is 8. The molecule has 0 aromatic heterocycles. The lowest BCUT2D eigenvalue weighted by molar-refractivity contribution is 0.0290. The van der Waals surface area contributed by atoms with Crippen molar-refractivity contribution < 1.29 is 13.2 Å². The lowest BCUT2D eigenvalue weighted by atomic mass is 10.1.